The van der Waals surface area contributed by atoms with Crippen LogP contribution in [-0.4, -0.2) is 23.9 Å². The van der Waals surface area contributed by atoms with Crippen molar-refractivity contribution in [3.63, 3.8) is 0 Å². The number of Topliss-reactive ketones (excluding diaryl/α,β-unsaturated/α-hetero) is 1. The summed E-state index contributed by atoms with van der Waals surface area (Å²) in [6, 6.07) is 10.9. The monoisotopic (exact) mass is 414 g/mol. The van der Waals surface area contributed by atoms with Gasteiger partial charge in [-0.25, -0.2) is 4.79 Å². The van der Waals surface area contributed by atoms with Gasteiger partial charge in [0.15, 0.2) is 6.10 Å². The summed E-state index contributed by atoms with van der Waals surface area (Å²) in [6.45, 7) is 1.55. The number of ether oxygens (including phenoxy) is 1. The third-order valence-electron chi connectivity index (χ3n) is 5.02. The Morgan fingerprint density at radius 2 is 1.79 bits per heavy atom. The van der Waals surface area contributed by atoms with Crippen LogP contribution in [0.3, 0.4) is 0 Å². The molecule has 0 heterocycles. The number of hydrogen-bond acceptors (Lipinski definition) is 4. The zero-order valence-electron chi connectivity index (χ0n) is 16.1. The van der Waals surface area contributed by atoms with Crippen LogP contribution < -0.4 is 11.1 Å². The van der Waals surface area contributed by atoms with Gasteiger partial charge in [0.1, 0.15) is 0 Å². The van der Waals surface area contributed by atoms with Crippen molar-refractivity contribution in [2.75, 3.05) is 0 Å². The molecule has 6 nitrogen and oxygen atoms in total. The van der Waals surface area contributed by atoms with Gasteiger partial charge in [-0.3, -0.25) is 9.59 Å². The van der Waals surface area contributed by atoms with Crippen LogP contribution in [0.15, 0.2) is 42.5 Å². The highest BCUT2D eigenvalue weighted by Crippen LogP contribution is 2.24. The van der Waals surface area contributed by atoms with Crippen molar-refractivity contribution in [1.29, 1.82) is 0 Å². The van der Waals surface area contributed by atoms with Gasteiger partial charge >= 0.3 is 12.0 Å². The Kier molecular flexibility index (Phi) is 6.54. The molecule has 0 radical (unpaired) electrons. The van der Waals surface area contributed by atoms with Crippen LogP contribution in [0.5, 0.6) is 0 Å². The van der Waals surface area contributed by atoms with E-state index >= 15 is 0 Å². The highest BCUT2D eigenvalue weighted by Gasteiger charge is 2.24. The Morgan fingerprint density at radius 1 is 1.10 bits per heavy atom. The van der Waals surface area contributed by atoms with Crippen LogP contribution in [0.2, 0.25) is 5.02 Å². The number of carbonyl (C=O) groups is 3. The average Bonchev–Trinajstić information content (AvgIpc) is 3.14. The topological polar surface area (TPSA) is 98.5 Å². The second-order valence-corrected chi connectivity index (χ2v) is 7.59. The highest BCUT2D eigenvalue weighted by molar-refractivity contribution is 6.30. The number of fused-ring (bicyclic) bond motifs is 1. The summed E-state index contributed by atoms with van der Waals surface area (Å²) in [6.07, 6.45) is 2.00. The Morgan fingerprint density at radius 3 is 2.48 bits per heavy atom. The molecular weight excluding hydrogens is 392 g/mol. The summed E-state index contributed by atoms with van der Waals surface area (Å²) >= 11 is 5.88. The molecule has 0 fully saturated rings. The number of aryl methyl sites for hydroxylation is 2. The Hall–Kier alpha value is -2.86. The van der Waals surface area contributed by atoms with Gasteiger partial charge in [-0.2, -0.15) is 0 Å². The molecule has 1 aliphatic carbocycles. The fourth-order valence-electron chi connectivity index (χ4n) is 3.54. The highest BCUT2D eigenvalue weighted by atomic mass is 35.5. The normalized spacial score (nSPS) is 14.6. The molecule has 2 aromatic carbocycles. The number of amides is 2. The largest absolute Gasteiger partial charge is 0.454 e. The van der Waals surface area contributed by atoms with Crippen LogP contribution in [-0.2, 0) is 22.4 Å². The lowest BCUT2D eigenvalue weighted by Gasteiger charge is -2.19. The molecule has 1 aliphatic rings. The Labute approximate surface area is 174 Å². The smallest absolute Gasteiger partial charge is 0.312 e. The van der Waals surface area contributed by atoms with Gasteiger partial charge in [0, 0.05) is 10.6 Å². The number of ketones is 1. The summed E-state index contributed by atoms with van der Waals surface area (Å²) in [4.78, 5) is 36.4. The first-order chi connectivity index (χ1) is 13.8. The number of urea groups is 1. The standard InChI is InChI=1S/C22H23ClN2O4/c1-13(21(27)17-6-5-14-3-2-4-16(14)11-17)29-20(26)12-19(25-22(24)28)15-7-9-18(23)10-8-15/h5-11,13,19H,2-4,12H2,1H3,(H3,24,25,28)/t13-,19+/m0/s1. The van der Waals surface area contributed by atoms with Crippen molar-refractivity contribution in [1.82, 2.24) is 5.32 Å². The molecule has 0 saturated heterocycles. The fourth-order valence-corrected chi connectivity index (χ4v) is 3.67. The summed E-state index contributed by atoms with van der Waals surface area (Å²) < 4.78 is 5.34. The second-order valence-electron chi connectivity index (χ2n) is 7.15. The van der Waals surface area contributed by atoms with E-state index in [0.29, 0.717) is 16.1 Å². The van der Waals surface area contributed by atoms with Gasteiger partial charge in [0.2, 0.25) is 5.78 Å². The molecule has 7 heteroatoms. The first-order valence-electron chi connectivity index (χ1n) is 9.50. The molecule has 3 rings (SSSR count). The number of rotatable bonds is 7. The molecule has 0 bridgehead atoms. The van der Waals surface area contributed by atoms with Gasteiger partial charge in [0.05, 0.1) is 12.5 Å². The maximum Gasteiger partial charge on any atom is 0.312 e. The van der Waals surface area contributed by atoms with E-state index in [1.807, 2.05) is 12.1 Å². The van der Waals surface area contributed by atoms with Crippen molar-refractivity contribution in [2.45, 2.75) is 44.8 Å². The fraction of sp³-hybridized carbons (Fsp3) is 0.318. The van der Waals surface area contributed by atoms with E-state index in [4.69, 9.17) is 22.1 Å². The molecule has 2 atom stereocenters. The first-order valence-corrected chi connectivity index (χ1v) is 9.88. The summed E-state index contributed by atoms with van der Waals surface area (Å²) in [5, 5.41) is 3.05. The molecule has 2 amide bonds. The lowest BCUT2D eigenvalue weighted by atomic mass is 10.0. The number of esters is 1. The zero-order valence-corrected chi connectivity index (χ0v) is 16.9. The van der Waals surface area contributed by atoms with Crippen LogP contribution in [0, 0.1) is 0 Å². The van der Waals surface area contributed by atoms with Crippen molar-refractivity contribution < 1.29 is 19.1 Å². The van der Waals surface area contributed by atoms with E-state index in [1.165, 1.54) is 11.1 Å². The van der Waals surface area contributed by atoms with Crippen molar-refractivity contribution in [3.8, 4) is 0 Å². The number of hydrogen-bond donors (Lipinski definition) is 2. The van der Waals surface area contributed by atoms with E-state index < -0.39 is 24.1 Å². The molecule has 0 unspecified atom stereocenters. The number of nitrogens with two attached hydrogens (primary N) is 1. The van der Waals surface area contributed by atoms with Crippen LogP contribution in [0.25, 0.3) is 0 Å². The molecule has 29 heavy (non-hydrogen) atoms. The van der Waals surface area contributed by atoms with Crippen molar-refractivity contribution >= 4 is 29.4 Å². The van der Waals surface area contributed by atoms with Crippen molar-refractivity contribution in [2.24, 2.45) is 5.73 Å². The number of halogens is 1. The van der Waals surface area contributed by atoms with Crippen LogP contribution in [0.4, 0.5) is 4.79 Å². The summed E-state index contributed by atoms with van der Waals surface area (Å²) in [7, 11) is 0. The molecule has 0 aromatic heterocycles. The molecule has 2 aromatic rings. The quantitative estimate of drug-likeness (QED) is 0.532. The number of benzene rings is 2. The van der Waals surface area contributed by atoms with Gasteiger partial charge in [-0.05, 0) is 61.1 Å². The third-order valence-corrected chi connectivity index (χ3v) is 5.27. The van der Waals surface area contributed by atoms with E-state index in [2.05, 4.69) is 5.32 Å². The Balaban J connectivity index is 1.64. The lowest BCUT2D eigenvalue weighted by Crippen LogP contribution is -2.35. The molecule has 0 spiro atoms. The molecular formula is C22H23ClN2O4. The van der Waals surface area contributed by atoms with E-state index in [9.17, 15) is 14.4 Å². The van der Waals surface area contributed by atoms with Crippen LogP contribution >= 0.6 is 11.6 Å². The van der Waals surface area contributed by atoms with E-state index in [0.717, 1.165) is 19.3 Å². The number of primary amides is 1. The first kappa shape index (κ1) is 20.9. The molecule has 0 aliphatic heterocycles. The van der Waals surface area contributed by atoms with E-state index in [1.54, 1.807) is 37.3 Å². The van der Waals surface area contributed by atoms with Gasteiger partial charge in [-0.15, -0.1) is 0 Å². The molecule has 3 N–H and O–H groups in total. The van der Waals surface area contributed by atoms with E-state index in [-0.39, 0.29) is 12.2 Å². The predicted molar refractivity (Wildman–Crippen MR) is 110 cm³/mol. The minimum atomic E-state index is -0.929. The minimum absolute atomic E-state index is 0.160. The SMILES string of the molecule is C[C@H](OC(=O)C[C@@H](NC(N)=O)c1ccc(Cl)cc1)C(=O)c1ccc2c(c1)CCC2. The van der Waals surface area contributed by atoms with Gasteiger partial charge in [0.25, 0.3) is 0 Å². The minimum Gasteiger partial charge on any atom is -0.454 e. The van der Waals surface area contributed by atoms with Crippen molar-refractivity contribution in [3.05, 3.63) is 69.7 Å². The second kappa shape index (κ2) is 9.09. The van der Waals surface area contributed by atoms with Gasteiger partial charge in [-0.1, -0.05) is 35.9 Å². The molecule has 152 valence electrons. The molecule has 0 saturated carbocycles. The van der Waals surface area contributed by atoms with Gasteiger partial charge < -0.3 is 15.8 Å². The summed E-state index contributed by atoms with van der Waals surface area (Å²) in [5.74, 6) is -0.861. The summed E-state index contributed by atoms with van der Waals surface area (Å²) in [5.41, 5.74) is 8.87. The average molecular weight is 415 g/mol. The third kappa shape index (κ3) is 5.35. The predicted octanol–water partition coefficient (Wildman–Crippen LogP) is 3.74. The lowest BCUT2D eigenvalue weighted by molar-refractivity contribution is -0.146. The van der Waals surface area contributed by atoms with Crippen LogP contribution in [0.1, 0.15) is 52.9 Å². The Bertz CT molecular complexity index is 927. The zero-order chi connectivity index (χ0) is 21.0. The number of carbonyl (C=O) groups excluding carboxylic acids is 3. The number of nitrogens with one attached hydrogen (secondary N) is 1. The maximum atomic E-state index is 12.7. The maximum absolute atomic E-state index is 12.7.